The lowest BCUT2D eigenvalue weighted by atomic mass is 9.94. The molecule has 0 aromatic rings. The molecular weight excluding hydrogens is 1220 g/mol. The Hall–Kier alpha value is -1.60. The summed E-state index contributed by atoms with van der Waals surface area (Å²) in [5.41, 5.74) is 0. The van der Waals surface area contributed by atoms with Gasteiger partial charge in [0.15, 0.2) is 50.3 Å². The molecule has 0 spiro atoms. The third-order valence-corrected chi connectivity index (χ3v) is 16.9. The Labute approximate surface area is 496 Å². The fourth-order valence-corrected chi connectivity index (χ4v) is 11.9. The first-order valence-electron chi connectivity index (χ1n) is 28.1. The normalized spacial score (nSPS) is 55.4. The van der Waals surface area contributed by atoms with Gasteiger partial charge in [0.1, 0.15) is 195 Å². The minimum Gasteiger partial charge on any atom is -0.394 e. The Morgan fingerprint density at radius 1 is 0.136 bits per heavy atom. The van der Waals surface area contributed by atoms with Gasteiger partial charge in [-0.1, -0.05) is 0 Å². The second kappa shape index (κ2) is 30.0. The molecule has 40 nitrogen and oxygen atoms in total. The summed E-state index contributed by atoms with van der Waals surface area (Å²) in [5, 5.41) is 265. The van der Waals surface area contributed by atoms with Gasteiger partial charge in [-0.25, -0.2) is 0 Å². The van der Waals surface area contributed by atoms with Crippen LogP contribution in [-0.4, -0.2) is 421 Å². The zero-order chi connectivity index (χ0) is 64.1. The molecule has 24 N–H and O–H groups in total. The number of aliphatic hydroxyl groups excluding tert-OH is 24. The van der Waals surface area contributed by atoms with E-state index in [0.717, 1.165) is 0 Å². The largest absolute Gasteiger partial charge is 0.394 e. The van der Waals surface area contributed by atoms with Gasteiger partial charge in [-0.05, 0) is 0 Å². The highest BCUT2D eigenvalue weighted by atomic mass is 16.8. The minimum atomic E-state index is -2.25. The van der Waals surface area contributed by atoms with E-state index in [9.17, 15) is 123 Å². The monoisotopic (exact) mass is 1300 g/mol. The van der Waals surface area contributed by atoms with Crippen LogP contribution in [0.4, 0.5) is 0 Å². The summed E-state index contributed by atoms with van der Waals surface area (Å²) in [6.45, 7) is -8.64. The van der Waals surface area contributed by atoms with Crippen LogP contribution < -0.4 is 0 Å². The van der Waals surface area contributed by atoms with Crippen LogP contribution in [0.5, 0.6) is 0 Å². The van der Waals surface area contributed by atoms with Crippen LogP contribution in [0.15, 0.2) is 0 Å². The molecule has 0 amide bonds. The topological polar surface area (TPSA) is 633 Å². The summed E-state index contributed by atoms with van der Waals surface area (Å²) < 4.78 is 91.1. The zero-order valence-electron chi connectivity index (χ0n) is 46.0. The molecule has 30 aliphatic heterocycles. The van der Waals surface area contributed by atoms with Crippen molar-refractivity contribution in [2.45, 2.75) is 246 Å². The van der Waals surface area contributed by atoms with E-state index in [1.807, 2.05) is 0 Å². The Kier molecular flexibility index (Phi) is 24.1. The van der Waals surface area contributed by atoms with E-state index in [0.29, 0.717) is 0 Å². The average Bonchev–Trinajstić information content (AvgIpc) is 1.09. The molecule has 40 heteroatoms. The molecule has 0 radical (unpaired) electrons. The van der Waals surface area contributed by atoms with Crippen molar-refractivity contribution < 1.29 is 198 Å². The van der Waals surface area contributed by atoms with Crippen LogP contribution in [0.2, 0.25) is 0 Å². The predicted molar refractivity (Wildman–Crippen MR) is 261 cm³/mol. The van der Waals surface area contributed by atoms with E-state index in [2.05, 4.69) is 0 Å². The van der Waals surface area contributed by atoms with Gasteiger partial charge in [-0.15, -0.1) is 0 Å². The molecule has 30 heterocycles. The molecule has 1 unspecified atom stereocenters. The summed E-state index contributed by atoms with van der Waals surface area (Å²) in [7, 11) is 0. The summed E-state index contributed by atoms with van der Waals surface area (Å²) in [5.74, 6) is 0. The van der Waals surface area contributed by atoms with Crippen molar-refractivity contribution in [1.29, 1.82) is 0 Å². The summed E-state index contributed by atoms with van der Waals surface area (Å²) in [6.07, 6.45) is -82.0. The lowest BCUT2D eigenvalue weighted by molar-refractivity contribution is -0.404. The van der Waals surface area contributed by atoms with Crippen molar-refractivity contribution in [3.63, 3.8) is 0 Å². The summed E-state index contributed by atoms with van der Waals surface area (Å²) >= 11 is 0. The van der Waals surface area contributed by atoms with Crippen LogP contribution in [0.25, 0.3) is 0 Å². The molecule has 0 aromatic heterocycles. The van der Waals surface area contributed by atoms with Crippen molar-refractivity contribution in [2.24, 2.45) is 0 Å². The number of hydrogen-bond donors (Lipinski definition) is 24. The fraction of sp³-hybridized carbons (Fsp3) is 1.00. The quantitative estimate of drug-likeness (QED) is 0.107. The molecule has 0 aliphatic carbocycles. The highest BCUT2D eigenvalue weighted by Crippen LogP contribution is 2.40. The van der Waals surface area contributed by atoms with Crippen molar-refractivity contribution >= 4 is 0 Å². The van der Waals surface area contributed by atoms with Gasteiger partial charge in [-0.3, -0.25) is 0 Å². The van der Waals surface area contributed by atoms with E-state index >= 15 is 0 Å². The second-order valence-electron chi connectivity index (χ2n) is 22.5. The molecule has 88 heavy (non-hydrogen) atoms. The minimum absolute atomic E-state index is 1.08. The SMILES string of the molecule is OC[C@@H]1OC2O[C@@H]3[C@@H](O)[C@H](O)[C@H](O[C@@H]4[C@@H](O)[C@H](O)[C@H](O[C@@H]5[C@@H](O)[C@H](O)[C@H](O[C@H]6[C@H](O)[C@@H](O)[C@@H](O[C@H]7[C@H](O)[C@@H](O)[C@@H](O[C@H]8[C@H](O)[C@@H](O)[C@@H](O[C@@H]9[C@@H](O)[C@H](O)[C@H](O[C@@H]1[C@@H](O)[C@H]2O)O[C@H]9CO)O[C@@H]8CO)O[C@@H]7CO)O[C@@H]6CO)O[C@H]5CO)O[C@H]4CO)O[C@H]3CO. The van der Waals surface area contributed by atoms with Crippen molar-refractivity contribution in [2.75, 3.05) is 52.9 Å². The third-order valence-electron chi connectivity index (χ3n) is 16.9. The molecule has 30 fully saturated rings. The molecule has 16 bridgehead atoms. The van der Waals surface area contributed by atoms with E-state index in [1.165, 1.54) is 0 Å². The maximum atomic E-state index is 11.4. The van der Waals surface area contributed by atoms with Crippen LogP contribution >= 0.6 is 0 Å². The van der Waals surface area contributed by atoms with Gasteiger partial charge in [-0.2, -0.15) is 0 Å². The van der Waals surface area contributed by atoms with E-state index in [4.69, 9.17) is 75.8 Å². The van der Waals surface area contributed by atoms with Gasteiger partial charge in [0.25, 0.3) is 0 Å². The second-order valence-corrected chi connectivity index (χ2v) is 22.5. The molecule has 0 saturated carbocycles. The highest BCUT2D eigenvalue weighted by Gasteiger charge is 2.60. The third kappa shape index (κ3) is 13.8. The van der Waals surface area contributed by atoms with Crippen molar-refractivity contribution in [3.8, 4) is 0 Å². The standard InChI is InChI=1S/C48H80O40/c49-1-9-33-17(57)25(65)41(73-9)82-34-10(2-50)75-43(27(67)19(34)59)84-36-12(4-52)77-45(29(69)21(36)61)86-38-14(6-54)79-47(31(71)23(38)63)88-40-16(8-56)80-48(32(72)24(40)64)87-39-15(7-55)78-46(30(70)22(39)62)85-37-13(5-53)76-44(28(68)20(37)60)83-35-11(3-51)74-42(81-33)26(66)18(35)58/h9-72H,1-8H2/t9-,10-,11-,12-,13-,14+,15+,16+,17-,18-,19-,20-,21-,22+,23+,24+,25-,26+,27-,28-,29-,30+,31+,32+,33-,34-,35-,36-,37-,38+,39+,40+,41-,42?,43-,44-,45-,46+,47+,48+/m0/s1. The molecule has 40 atom stereocenters. The van der Waals surface area contributed by atoms with Crippen LogP contribution in [0.1, 0.15) is 0 Å². The predicted octanol–water partition coefficient (Wildman–Crippen LogP) is -17.4. The Morgan fingerprint density at radius 3 is 0.307 bits per heavy atom. The van der Waals surface area contributed by atoms with Gasteiger partial charge < -0.3 is 198 Å². The van der Waals surface area contributed by atoms with Crippen molar-refractivity contribution in [1.82, 2.24) is 0 Å². The number of ether oxygens (including phenoxy) is 16. The first-order valence-corrected chi connectivity index (χ1v) is 28.1. The van der Waals surface area contributed by atoms with Crippen LogP contribution in [0, 0.1) is 0 Å². The summed E-state index contributed by atoms with van der Waals surface area (Å²) in [6, 6.07) is 0. The Balaban J connectivity index is 0.975. The van der Waals surface area contributed by atoms with Gasteiger partial charge in [0, 0.05) is 0 Å². The Bertz CT molecular complexity index is 1700. The van der Waals surface area contributed by atoms with E-state index in [-0.39, 0.29) is 0 Å². The molecule has 0 aromatic carbocycles. The van der Waals surface area contributed by atoms with Gasteiger partial charge >= 0.3 is 0 Å². The first kappa shape index (κ1) is 70.7. The van der Waals surface area contributed by atoms with Gasteiger partial charge in [0.2, 0.25) is 0 Å². The number of hydrogen-bond acceptors (Lipinski definition) is 40. The van der Waals surface area contributed by atoms with Crippen LogP contribution in [0.3, 0.4) is 0 Å². The smallest absolute Gasteiger partial charge is 0.187 e. The Morgan fingerprint density at radius 2 is 0.227 bits per heavy atom. The molecule has 30 aliphatic rings. The first-order chi connectivity index (χ1) is 41.9. The van der Waals surface area contributed by atoms with Crippen LogP contribution in [-0.2, 0) is 75.8 Å². The molecule has 512 valence electrons. The highest BCUT2D eigenvalue weighted by molar-refractivity contribution is 5.02. The fourth-order valence-electron chi connectivity index (χ4n) is 11.9. The lowest BCUT2D eigenvalue weighted by Crippen LogP contribution is -2.69. The molecular formula is C48H80O40. The van der Waals surface area contributed by atoms with Crippen molar-refractivity contribution in [3.05, 3.63) is 0 Å². The maximum Gasteiger partial charge on any atom is 0.187 e. The molecule has 30 rings (SSSR count). The molecule has 30 saturated heterocycles. The summed E-state index contributed by atoms with van der Waals surface area (Å²) in [4.78, 5) is 0. The van der Waals surface area contributed by atoms with Gasteiger partial charge in [0.05, 0.1) is 52.9 Å². The number of aliphatic hydroxyl groups is 24. The zero-order valence-corrected chi connectivity index (χ0v) is 46.0. The van der Waals surface area contributed by atoms with E-state index < -0.39 is 299 Å². The maximum absolute atomic E-state index is 11.4. The average molecular weight is 1300 g/mol. The number of rotatable bonds is 8. The lowest BCUT2D eigenvalue weighted by Gasteiger charge is -2.50. The van der Waals surface area contributed by atoms with E-state index in [1.54, 1.807) is 0 Å².